The number of benzene rings is 2. The van der Waals surface area contributed by atoms with Crippen LogP contribution in [0.4, 0.5) is 20.6 Å². The van der Waals surface area contributed by atoms with Crippen molar-refractivity contribution in [3.8, 4) is 5.75 Å². The van der Waals surface area contributed by atoms with Crippen LogP contribution in [0, 0.1) is 12.7 Å². The molecule has 1 aliphatic heterocycles. The lowest BCUT2D eigenvalue weighted by Gasteiger charge is -2.19. The van der Waals surface area contributed by atoms with Gasteiger partial charge in [-0.25, -0.2) is 9.18 Å². The van der Waals surface area contributed by atoms with Gasteiger partial charge < -0.3 is 14.8 Å². The number of nitrogens with one attached hydrogen (secondary N) is 1. The van der Waals surface area contributed by atoms with Gasteiger partial charge in [0.2, 0.25) is 0 Å². The summed E-state index contributed by atoms with van der Waals surface area (Å²) in [6, 6.07) is 10.7. The number of hydrogen-bond acceptors (Lipinski definition) is 4. The Bertz CT molecular complexity index is 764. The Morgan fingerprint density at radius 3 is 2.79 bits per heavy atom. The molecule has 0 aliphatic carbocycles. The molecule has 0 aromatic heterocycles. The molecule has 0 spiro atoms. The van der Waals surface area contributed by atoms with Crippen LogP contribution in [0.3, 0.4) is 0 Å². The predicted molar refractivity (Wildman–Crippen MR) is 90.2 cm³/mol. The van der Waals surface area contributed by atoms with E-state index in [-0.39, 0.29) is 17.7 Å². The third kappa shape index (κ3) is 2.99. The van der Waals surface area contributed by atoms with E-state index in [0.29, 0.717) is 25.3 Å². The van der Waals surface area contributed by atoms with Gasteiger partial charge in [0.25, 0.3) is 0 Å². The zero-order valence-corrected chi connectivity index (χ0v) is 13.6. The molecule has 0 saturated carbocycles. The van der Waals surface area contributed by atoms with Crippen molar-refractivity contribution < 1.29 is 18.7 Å². The van der Waals surface area contributed by atoms with Crippen LogP contribution in [0.1, 0.15) is 11.1 Å². The number of hydrogen-bond donors (Lipinski definition) is 1. The van der Waals surface area contributed by atoms with Gasteiger partial charge in [0.1, 0.15) is 6.61 Å². The summed E-state index contributed by atoms with van der Waals surface area (Å²) in [5.74, 6) is -0.149. The van der Waals surface area contributed by atoms with Crippen molar-refractivity contribution in [3.05, 3.63) is 53.3 Å². The second kappa shape index (κ2) is 6.78. The van der Waals surface area contributed by atoms with Crippen molar-refractivity contribution in [2.75, 3.05) is 30.5 Å². The fourth-order valence-corrected chi connectivity index (χ4v) is 2.76. The van der Waals surface area contributed by atoms with Crippen molar-refractivity contribution in [1.29, 1.82) is 0 Å². The van der Waals surface area contributed by atoms with Crippen molar-refractivity contribution in [2.45, 2.75) is 13.5 Å². The molecule has 0 atom stereocenters. The van der Waals surface area contributed by atoms with Crippen molar-refractivity contribution >= 4 is 17.5 Å². The largest absolute Gasteiger partial charge is 0.494 e. The minimum absolute atomic E-state index is 0.222. The number of ether oxygens (including phenoxy) is 2. The molecule has 0 bridgehead atoms. The Labute approximate surface area is 140 Å². The van der Waals surface area contributed by atoms with E-state index in [1.54, 1.807) is 23.1 Å². The molecule has 6 heteroatoms. The van der Waals surface area contributed by atoms with E-state index in [9.17, 15) is 9.18 Å². The first-order valence-corrected chi connectivity index (χ1v) is 7.71. The van der Waals surface area contributed by atoms with Crippen LogP contribution < -0.4 is 15.0 Å². The molecule has 2 aromatic rings. The fourth-order valence-electron chi connectivity index (χ4n) is 2.76. The third-order valence-electron chi connectivity index (χ3n) is 4.09. The van der Waals surface area contributed by atoms with Crippen molar-refractivity contribution in [3.63, 3.8) is 0 Å². The quantitative estimate of drug-likeness (QED) is 0.908. The van der Waals surface area contributed by atoms with Crippen LogP contribution in [0.25, 0.3) is 0 Å². The van der Waals surface area contributed by atoms with Gasteiger partial charge in [-0.05, 0) is 30.7 Å². The Balaban J connectivity index is 1.80. The highest BCUT2D eigenvalue weighted by Gasteiger charge is 2.25. The molecule has 1 heterocycles. The average Bonchev–Trinajstić information content (AvgIpc) is 3.01. The second-order valence-electron chi connectivity index (χ2n) is 5.50. The van der Waals surface area contributed by atoms with Crippen LogP contribution in [0.5, 0.6) is 5.75 Å². The van der Waals surface area contributed by atoms with Gasteiger partial charge in [0.05, 0.1) is 19.3 Å². The molecular formula is C18H19FN2O3. The summed E-state index contributed by atoms with van der Waals surface area (Å²) in [7, 11) is 1.44. The molecule has 1 amide bonds. The van der Waals surface area contributed by atoms with E-state index in [2.05, 4.69) is 5.32 Å². The molecule has 1 fully saturated rings. The number of nitrogens with zero attached hydrogens (tertiary/aromatic N) is 1. The number of carbonyl (C=O) groups excluding carboxylic acids is 1. The molecule has 1 saturated heterocycles. The molecule has 24 heavy (non-hydrogen) atoms. The summed E-state index contributed by atoms with van der Waals surface area (Å²) < 4.78 is 24.2. The Morgan fingerprint density at radius 1 is 1.29 bits per heavy atom. The highest BCUT2D eigenvalue weighted by molar-refractivity contribution is 5.91. The van der Waals surface area contributed by atoms with Crippen molar-refractivity contribution in [2.24, 2.45) is 0 Å². The first-order valence-electron chi connectivity index (χ1n) is 7.71. The Morgan fingerprint density at radius 2 is 2.08 bits per heavy atom. The summed E-state index contributed by atoms with van der Waals surface area (Å²) in [6.45, 7) is 3.17. The maximum atomic E-state index is 14.2. The highest BCUT2D eigenvalue weighted by atomic mass is 19.1. The predicted octanol–water partition coefficient (Wildman–Crippen LogP) is 3.71. The van der Waals surface area contributed by atoms with Gasteiger partial charge in [0, 0.05) is 17.8 Å². The molecule has 0 unspecified atom stereocenters. The zero-order chi connectivity index (χ0) is 17.1. The average molecular weight is 330 g/mol. The van der Waals surface area contributed by atoms with Crippen LogP contribution in [0.2, 0.25) is 0 Å². The van der Waals surface area contributed by atoms with Gasteiger partial charge in [-0.15, -0.1) is 0 Å². The molecule has 1 N–H and O–H groups in total. The topological polar surface area (TPSA) is 50.8 Å². The monoisotopic (exact) mass is 330 g/mol. The summed E-state index contributed by atoms with van der Waals surface area (Å²) in [5, 5.41) is 3.23. The minimum atomic E-state index is -0.371. The number of halogens is 1. The number of anilines is 2. The van der Waals surface area contributed by atoms with E-state index >= 15 is 0 Å². The smallest absolute Gasteiger partial charge is 0.414 e. The van der Waals surface area contributed by atoms with Crippen LogP contribution in [-0.2, 0) is 11.3 Å². The summed E-state index contributed by atoms with van der Waals surface area (Å²) in [4.78, 5) is 13.4. The normalized spacial score (nSPS) is 13.8. The van der Waals surface area contributed by atoms with Crippen LogP contribution >= 0.6 is 0 Å². The highest BCUT2D eigenvalue weighted by Crippen LogP contribution is 2.29. The standard InChI is InChI=1S/C18H19FN2O3/c1-12-14(6-4-7-15(12)21-9-10-24-18(21)22)20-11-13-5-3-8-16(23-2)17(13)19/h3-8,20H,9-11H2,1-2H3. The molecule has 5 nitrogen and oxygen atoms in total. The lowest BCUT2D eigenvalue weighted by atomic mass is 10.1. The van der Waals surface area contributed by atoms with E-state index in [1.165, 1.54) is 7.11 Å². The van der Waals surface area contributed by atoms with E-state index in [0.717, 1.165) is 16.9 Å². The lowest BCUT2D eigenvalue weighted by molar-refractivity contribution is 0.181. The van der Waals surface area contributed by atoms with Crippen LogP contribution in [-0.4, -0.2) is 26.4 Å². The van der Waals surface area contributed by atoms with Gasteiger partial charge in [-0.2, -0.15) is 0 Å². The number of amides is 1. The first-order chi connectivity index (χ1) is 11.6. The van der Waals surface area contributed by atoms with Crippen molar-refractivity contribution in [1.82, 2.24) is 0 Å². The van der Waals surface area contributed by atoms with Gasteiger partial charge in [-0.3, -0.25) is 4.90 Å². The van der Waals surface area contributed by atoms with E-state index in [4.69, 9.17) is 9.47 Å². The molecule has 126 valence electrons. The maximum Gasteiger partial charge on any atom is 0.414 e. The van der Waals surface area contributed by atoms with Gasteiger partial charge in [-0.1, -0.05) is 18.2 Å². The molecule has 3 rings (SSSR count). The molecular weight excluding hydrogens is 311 g/mol. The summed E-state index contributed by atoms with van der Waals surface area (Å²) in [5.41, 5.74) is 3.07. The number of rotatable bonds is 5. The van der Waals surface area contributed by atoms with Crippen LogP contribution in [0.15, 0.2) is 36.4 Å². The second-order valence-corrected chi connectivity index (χ2v) is 5.50. The molecule has 2 aromatic carbocycles. The van der Waals surface area contributed by atoms with Gasteiger partial charge in [0.15, 0.2) is 11.6 Å². The minimum Gasteiger partial charge on any atom is -0.494 e. The Kier molecular flexibility index (Phi) is 4.55. The number of methoxy groups -OCH3 is 1. The SMILES string of the molecule is COc1cccc(CNc2cccc(N3CCOC3=O)c2C)c1F. The third-order valence-corrected chi connectivity index (χ3v) is 4.09. The molecule has 1 aliphatic rings. The fraction of sp³-hybridized carbons (Fsp3) is 0.278. The number of cyclic esters (lactones) is 1. The number of carbonyl (C=O) groups is 1. The summed E-state index contributed by atoms with van der Waals surface area (Å²) in [6.07, 6.45) is -0.339. The lowest BCUT2D eigenvalue weighted by Crippen LogP contribution is -2.24. The Hall–Kier alpha value is -2.76. The first kappa shape index (κ1) is 16.1. The molecule has 0 radical (unpaired) electrons. The van der Waals surface area contributed by atoms with E-state index in [1.807, 2.05) is 25.1 Å². The summed E-state index contributed by atoms with van der Waals surface area (Å²) >= 11 is 0. The zero-order valence-electron chi connectivity index (χ0n) is 13.6. The van der Waals surface area contributed by atoms with E-state index < -0.39 is 0 Å². The maximum absolute atomic E-state index is 14.2. The van der Waals surface area contributed by atoms with Gasteiger partial charge >= 0.3 is 6.09 Å².